The third kappa shape index (κ3) is 3.96. The summed E-state index contributed by atoms with van der Waals surface area (Å²) in [6, 6.07) is 12.3. The molecule has 0 N–H and O–H groups in total. The quantitative estimate of drug-likeness (QED) is 0.715. The van der Waals surface area contributed by atoms with Crippen LogP contribution in [-0.4, -0.2) is 51.0 Å². The third-order valence-electron chi connectivity index (χ3n) is 5.08. The molecule has 0 spiro atoms. The first kappa shape index (κ1) is 19.7. The van der Waals surface area contributed by atoms with Gasteiger partial charge in [-0.05, 0) is 43.2 Å². The molecule has 6 nitrogen and oxygen atoms in total. The largest absolute Gasteiger partial charge is 0.496 e. The summed E-state index contributed by atoms with van der Waals surface area (Å²) in [4.78, 5) is 27.7. The first-order chi connectivity index (χ1) is 13.6. The van der Waals surface area contributed by atoms with E-state index >= 15 is 0 Å². The Balaban J connectivity index is 1.77. The summed E-state index contributed by atoms with van der Waals surface area (Å²) in [5, 5.41) is 0. The normalized spacial score (nSPS) is 16.4. The topological polar surface area (TPSA) is 65.1 Å². The minimum Gasteiger partial charge on any atom is -0.496 e. The van der Waals surface area contributed by atoms with Gasteiger partial charge >= 0.3 is 0 Å². The van der Waals surface area contributed by atoms with Crippen molar-refractivity contribution in [1.82, 2.24) is 4.90 Å². The SMILES string of the molecule is COc1ccc(C(=O)N2CCC[C@@H](C(=O)c3ccccc3OC)C2)cc1OC. The monoisotopic (exact) mass is 383 g/mol. The summed E-state index contributed by atoms with van der Waals surface area (Å²) in [6.45, 7) is 1.02. The number of ether oxygens (including phenoxy) is 3. The Labute approximate surface area is 165 Å². The van der Waals surface area contributed by atoms with E-state index in [9.17, 15) is 9.59 Å². The molecular weight excluding hydrogens is 358 g/mol. The fourth-order valence-electron chi connectivity index (χ4n) is 3.60. The number of carbonyl (C=O) groups excluding carboxylic acids is 2. The molecule has 6 heteroatoms. The molecule has 1 heterocycles. The molecule has 1 aliphatic heterocycles. The molecule has 0 unspecified atom stereocenters. The molecule has 1 fully saturated rings. The van der Waals surface area contributed by atoms with Crippen molar-refractivity contribution < 1.29 is 23.8 Å². The van der Waals surface area contributed by atoms with Crippen LogP contribution in [0, 0.1) is 5.92 Å². The fourth-order valence-corrected chi connectivity index (χ4v) is 3.60. The summed E-state index contributed by atoms with van der Waals surface area (Å²) in [6.07, 6.45) is 1.54. The van der Waals surface area contributed by atoms with Crippen LogP contribution in [0.15, 0.2) is 42.5 Å². The van der Waals surface area contributed by atoms with Gasteiger partial charge in [0.2, 0.25) is 0 Å². The number of hydrogen-bond donors (Lipinski definition) is 0. The van der Waals surface area contributed by atoms with Gasteiger partial charge in [-0.3, -0.25) is 9.59 Å². The molecule has 2 aromatic rings. The Morgan fingerprint density at radius 2 is 1.64 bits per heavy atom. The number of para-hydroxylation sites is 1. The number of piperidine rings is 1. The van der Waals surface area contributed by atoms with E-state index < -0.39 is 0 Å². The Morgan fingerprint density at radius 1 is 0.929 bits per heavy atom. The van der Waals surface area contributed by atoms with Crippen LogP contribution in [0.5, 0.6) is 17.2 Å². The average Bonchev–Trinajstić information content (AvgIpc) is 2.77. The van der Waals surface area contributed by atoms with Crippen molar-refractivity contribution in [2.45, 2.75) is 12.8 Å². The highest BCUT2D eigenvalue weighted by atomic mass is 16.5. The van der Waals surface area contributed by atoms with Crippen molar-refractivity contribution in [2.24, 2.45) is 5.92 Å². The maximum atomic E-state index is 13.0. The Kier molecular flexibility index (Phi) is 6.19. The smallest absolute Gasteiger partial charge is 0.254 e. The Morgan fingerprint density at radius 3 is 2.36 bits per heavy atom. The van der Waals surface area contributed by atoms with Crippen LogP contribution in [0.1, 0.15) is 33.6 Å². The van der Waals surface area contributed by atoms with E-state index in [1.54, 1.807) is 49.5 Å². The summed E-state index contributed by atoms with van der Waals surface area (Å²) >= 11 is 0. The lowest BCUT2D eigenvalue weighted by atomic mass is 9.89. The summed E-state index contributed by atoms with van der Waals surface area (Å²) < 4.78 is 15.8. The van der Waals surface area contributed by atoms with Crippen LogP contribution in [0.3, 0.4) is 0 Å². The van der Waals surface area contributed by atoms with Crippen LogP contribution in [0.25, 0.3) is 0 Å². The van der Waals surface area contributed by atoms with Crippen LogP contribution >= 0.6 is 0 Å². The number of methoxy groups -OCH3 is 3. The molecule has 2 aromatic carbocycles. The lowest BCUT2D eigenvalue weighted by Crippen LogP contribution is -2.42. The Hall–Kier alpha value is -3.02. The van der Waals surface area contributed by atoms with Gasteiger partial charge in [0.15, 0.2) is 17.3 Å². The number of carbonyl (C=O) groups is 2. The van der Waals surface area contributed by atoms with Gasteiger partial charge in [0, 0.05) is 24.6 Å². The second kappa shape index (κ2) is 8.78. The zero-order valence-electron chi connectivity index (χ0n) is 16.4. The zero-order chi connectivity index (χ0) is 20.1. The molecular formula is C22H25NO5. The second-order valence-corrected chi connectivity index (χ2v) is 6.72. The van der Waals surface area contributed by atoms with E-state index in [1.165, 1.54) is 7.11 Å². The van der Waals surface area contributed by atoms with E-state index in [4.69, 9.17) is 14.2 Å². The predicted octanol–water partition coefficient (Wildman–Crippen LogP) is 3.45. The molecule has 1 saturated heterocycles. The van der Waals surface area contributed by atoms with Gasteiger partial charge in [-0.1, -0.05) is 12.1 Å². The molecule has 28 heavy (non-hydrogen) atoms. The molecule has 0 bridgehead atoms. The van der Waals surface area contributed by atoms with Crippen molar-refractivity contribution in [3.05, 3.63) is 53.6 Å². The molecule has 0 saturated carbocycles. The molecule has 1 atom stereocenters. The van der Waals surface area contributed by atoms with Crippen LogP contribution in [0.2, 0.25) is 0 Å². The van der Waals surface area contributed by atoms with E-state index in [-0.39, 0.29) is 17.6 Å². The number of ketones is 1. The number of likely N-dealkylation sites (tertiary alicyclic amines) is 1. The van der Waals surface area contributed by atoms with Crippen molar-refractivity contribution in [3.8, 4) is 17.2 Å². The maximum Gasteiger partial charge on any atom is 0.254 e. The highest BCUT2D eigenvalue weighted by Gasteiger charge is 2.31. The molecule has 0 aliphatic carbocycles. The lowest BCUT2D eigenvalue weighted by Gasteiger charge is -2.32. The van der Waals surface area contributed by atoms with Gasteiger partial charge < -0.3 is 19.1 Å². The van der Waals surface area contributed by atoms with Crippen molar-refractivity contribution in [1.29, 1.82) is 0 Å². The molecule has 148 valence electrons. The van der Waals surface area contributed by atoms with Gasteiger partial charge in [-0.2, -0.15) is 0 Å². The van der Waals surface area contributed by atoms with Gasteiger partial charge in [0.1, 0.15) is 5.75 Å². The standard InChI is InChI=1S/C22H25NO5/c1-26-18-9-5-4-8-17(18)21(24)16-7-6-12-23(14-16)22(25)15-10-11-19(27-2)20(13-15)28-3/h4-5,8-11,13,16H,6-7,12,14H2,1-3H3/t16-/m1/s1. The van der Waals surface area contributed by atoms with Crippen molar-refractivity contribution in [3.63, 3.8) is 0 Å². The van der Waals surface area contributed by atoms with Crippen molar-refractivity contribution in [2.75, 3.05) is 34.4 Å². The summed E-state index contributed by atoms with van der Waals surface area (Å²) in [7, 11) is 4.65. The zero-order valence-corrected chi connectivity index (χ0v) is 16.4. The van der Waals surface area contributed by atoms with E-state index in [1.807, 2.05) is 12.1 Å². The Bertz CT molecular complexity index is 864. The van der Waals surface area contributed by atoms with Crippen molar-refractivity contribution >= 4 is 11.7 Å². The number of nitrogens with zero attached hydrogens (tertiary/aromatic N) is 1. The van der Waals surface area contributed by atoms with E-state index in [2.05, 4.69) is 0 Å². The van der Waals surface area contributed by atoms with Gasteiger partial charge in [-0.15, -0.1) is 0 Å². The summed E-state index contributed by atoms with van der Waals surface area (Å²) in [5.74, 6) is 1.31. The first-order valence-electron chi connectivity index (χ1n) is 9.27. The minimum atomic E-state index is -0.242. The molecule has 0 aromatic heterocycles. The second-order valence-electron chi connectivity index (χ2n) is 6.72. The van der Waals surface area contributed by atoms with E-state index in [0.717, 1.165) is 12.8 Å². The molecule has 1 aliphatic rings. The average molecular weight is 383 g/mol. The third-order valence-corrected chi connectivity index (χ3v) is 5.08. The van der Waals surface area contributed by atoms with Crippen LogP contribution in [-0.2, 0) is 0 Å². The highest BCUT2D eigenvalue weighted by molar-refractivity contribution is 6.01. The highest BCUT2D eigenvalue weighted by Crippen LogP contribution is 2.30. The predicted molar refractivity (Wildman–Crippen MR) is 105 cm³/mol. The van der Waals surface area contributed by atoms with Crippen LogP contribution in [0.4, 0.5) is 0 Å². The lowest BCUT2D eigenvalue weighted by molar-refractivity contribution is 0.0636. The number of amides is 1. The summed E-state index contributed by atoms with van der Waals surface area (Å²) in [5.41, 5.74) is 1.08. The number of benzene rings is 2. The molecule has 0 radical (unpaired) electrons. The van der Waals surface area contributed by atoms with Gasteiger partial charge in [0.05, 0.1) is 26.9 Å². The van der Waals surface area contributed by atoms with Crippen LogP contribution < -0.4 is 14.2 Å². The number of hydrogen-bond acceptors (Lipinski definition) is 5. The maximum absolute atomic E-state index is 13.0. The molecule has 3 rings (SSSR count). The van der Waals surface area contributed by atoms with Gasteiger partial charge in [0.25, 0.3) is 5.91 Å². The number of Topliss-reactive ketones (excluding diaryl/α,β-unsaturated/α-hetero) is 1. The fraction of sp³-hybridized carbons (Fsp3) is 0.364. The van der Waals surface area contributed by atoms with Gasteiger partial charge in [-0.25, -0.2) is 0 Å². The first-order valence-corrected chi connectivity index (χ1v) is 9.27. The molecule has 1 amide bonds. The number of rotatable bonds is 6. The van der Waals surface area contributed by atoms with E-state index in [0.29, 0.717) is 41.5 Å². The minimum absolute atomic E-state index is 0.0160.